The first-order valence-electron chi connectivity index (χ1n) is 5.98. The monoisotopic (exact) mass is 287 g/mol. The van der Waals surface area contributed by atoms with Gasteiger partial charge in [0.15, 0.2) is 0 Å². The van der Waals surface area contributed by atoms with Gasteiger partial charge in [0.1, 0.15) is 11.5 Å². The fourth-order valence-corrected chi connectivity index (χ4v) is 3.30. The SMILES string of the molecule is COc1c(C)cc(CC(N)P(=O)(OC)OC)cc1C. The van der Waals surface area contributed by atoms with E-state index < -0.39 is 13.4 Å². The highest BCUT2D eigenvalue weighted by Crippen LogP contribution is 2.50. The second-order valence-electron chi connectivity index (χ2n) is 4.44. The highest BCUT2D eigenvalue weighted by Gasteiger charge is 2.30. The van der Waals surface area contributed by atoms with Crippen LogP contribution in [0.4, 0.5) is 0 Å². The van der Waals surface area contributed by atoms with Crippen molar-refractivity contribution in [3.63, 3.8) is 0 Å². The van der Waals surface area contributed by atoms with Gasteiger partial charge in [0.05, 0.1) is 7.11 Å². The van der Waals surface area contributed by atoms with Gasteiger partial charge in [0, 0.05) is 14.2 Å². The fourth-order valence-electron chi connectivity index (χ4n) is 2.18. The lowest BCUT2D eigenvalue weighted by Crippen LogP contribution is -2.24. The van der Waals surface area contributed by atoms with Crippen LogP contribution in [0.15, 0.2) is 12.1 Å². The van der Waals surface area contributed by atoms with Gasteiger partial charge >= 0.3 is 7.60 Å². The Morgan fingerprint density at radius 2 is 1.63 bits per heavy atom. The molecule has 0 saturated heterocycles. The number of hydrogen-bond acceptors (Lipinski definition) is 5. The quantitative estimate of drug-likeness (QED) is 0.814. The minimum Gasteiger partial charge on any atom is -0.496 e. The first-order valence-corrected chi connectivity index (χ1v) is 7.60. The molecule has 0 spiro atoms. The maximum absolute atomic E-state index is 12.2. The van der Waals surface area contributed by atoms with Crippen LogP contribution < -0.4 is 10.5 Å². The Hall–Kier alpha value is -0.870. The molecule has 6 heteroatoms. The first kappa shape index (κ1) is 16.2. The van der Waals surface area contributed by atoms with Crippen LogP contribution in [0.5, 0.6) is 5.75 Å². The Labute approximate surface area is 114 Å². The molecular weight excluding hydrogens is 265 g/mol. The van der Waals surface area contributed by atoms with E-state index in [0.717, 1.165) is 22.4 Å². The smallest absolute Gasteiger partial charge is 0.347 e. The molecule has 1 unspecified atom stereocenters. The van der Waals surface area contributed by atoms with Crippen molar-refractivity contribution in [2.75, 3.05) is 21.3 Å². The molecule has 0 heterocycles. The largest absolute Gasteiger partial charge is 0.496 e. The zero-order valence-corrected chi connectivity index (χ0v) is 13.0. The van der Waals surface area contributed by atoms with Gasteiger partial charge in [-0.2, -0.15) is 0 Å². The lowest BCUT2D eigenvalue weighted by atomic mass is 10.0. The van der Waals surface area contributed by atoms with Gasteiger partial charge in [-0.25, -0.2) is 0 Å². The number of ether oxygens (including phenoxy) is 1. The summed E-state index contributed by atoms with van der Waals surface area (Å²) in [5, 5.41) is 0. The van der Waals surface area contributed by atoms with Crippen LogP contribution in [0.1, 0.15) is 16.7 Å². The predicted molar refractivity (Wildman–Crippen MR) is 75.8 cm³/mol. The summed E-state index contributed by atoms with van der Waals surface area (Å²) in [5.74, 6) is 0.175. The van der Waals surface area contributed by atoms with Crippen LogP contribution in [0.2, 0.25) is 0 Å². The van der Waals surface area contributed by atoms with E-state index in [1.54, 1.807) is 7.11 Å². The Balaban J connectivity index is 2.98. The molecule has 1 rings (SSSR count). The molecule has 0 bridgehead atoms. The summed E-state index contributed by atoms with van der Waals surface area (Å²) in [4.78, 5) is 0. The second-order valence-corrected chi connectivity index (χ2v) is 6.91. The molecule has 1 aromatic rings. The fraction of sp³-hybridized carbons (Fsp3) is 0.538. The summed E-state index contributed by atoms with van der Waals surface area (Å²) in [6, 6.07) is 3.95. The van der Waals surface area contributed by atoms with Gasteiger partial charge in [-0.15, -0.1) is 0 Å². The van der Waals surface area contributed by atoms with Crippen molar-refractivity contribution < 1.29 is 18.3 Å². The van der Waals surface area contributed by atoms with E-state index in [9.17, 15) is 4.57 Å². The van der Waals surface area contributed by atoms with Crippen LogP contribution in [0.25, 0.3) is 0 Å². The molecule has 1 aromatic carbocycles. The predicted octanol–water partition coefficient (Wildman–Crippen LogP) is 2.63. The van der Waals surface area contributed by atoms with Gasteiger partial charge in [0.2, 0.25) is 0 Å². The molecule has 0 saturated carbocycles. The van der Waals surface area contributed by atoms with E-state index in [4.69, 9.17) is 19.5 Å². The highest BCUT2D eigenvalue weighted by molar-refractivity contribution is 7.54. The van der Waals surface area contributed by atoms with Crippen molar-refractivity contribution >= 4 is 7.60 Å². The summed E-state index contributed by atoms with van der Waals surface area (Å²) >= 11 is 0. The maximum Gasteiger partial charge on any atom is 0.347 e. The second kappa shape index (κ2) is 6.53. The zero-order chi connectivity index (χ0) is 14.6. The summed E-state index contributed by atoms with van der Waals surface area (Å²) in [6.45, 7) is 3.93. The van der Waals surface area contributed by atoms with Crippen molar-refractivity contribution in [2.45, 2.75) is 26.1 Å². The Morgan fingerprint density at radius 3 is 2.00 bits per heavy atom. The molecule has 0 amide bonds. The Kier molecular flexibility index (Phi) is 5.56. The topological polar surface area (TPSA) is 70.8 Å². The molecule has 5 nitrogen and oxygen atoms in total. The molecule has 19 heavy (non-hydrogen) atoms. The molecule has 1 atom stereocenters. The molecule has 0 aliphatic heterocycles. The molecule has 0 fully saturated rings. The van der Waals surface area contributed by atoms with Crippen molar-refractivity contribution in [2.24, 2.45) is 5.73 Å². The third kappa shape index (κ3) is 3.57. The van der Waals surface area contributed by atoms with Crippen molar-refractivity contribution in [3.05, 3.63) is 28.8 Å². The first-order chi connectivity index (χ1) is 8.87. The molecule has 0 aliphatic carbocycles. The molecule has 108 valence electrons. The maximum atomic E-state index is 12.2. The van der Waals surface area contributed by atoms with E-state index in [2.05, 4.69) is 0 Å². The average Bonchev–Trinajstić information content (AvgIpc) is 2.37. The normalized spacial score (nSPS) is 13.4. The number of aryl methyl sites for hydroxylation is 2. The van der Waals surface area contributed by atoms with Crippen LogP contribution in [-0.2, 0) is 20.0 Å². The zero-order valence-electron chi connectivity index (χ0n) is 12.1. The van der Waals surface area contributed by atoms with E-state index >= 15 is 0 Å². The standard InChI is InChI=1S/C13H22NO4P/c1-9-6-11(7-10(2)13(9)16-3)8-12(14)19(15,17-4)18-5/h6-7,12H,8,14H2,1-5H3. The lowest BCUT2D eigenvalue weighted by molar-refractivity contribution is 0.265. The van der Waals surface area contributed by atoms with Gasteiger partial charge < -0.3 is 19.5 Å². The van der Waals surface area contributed by atoms with Crippen molar-refractivity contribution in [1.82, 2.24) is 0 Å². The molecule has 0 aliphatic rings. The summed E-state index contributed by atoms with van der Waals surface area (Å²) in [6.07, 6.45) is 0.421. The van der Waals surface area contributed by atoms with Gasteiger partial charge in [-0.3, -0.25) is 4.57 Å². The summed E-state index contributed by atoms with van der Waals surface area (Å²) in [5.41, 5.74) is 8.96. The highest BCUT2D eigenvalue weighted by atomic mass is 31.2. The molecule has 0 radical (unpaired) electrons. The van der Waals surface area contributed by atoms with Gasteiger partial charge in [-0.05, 0) is 37.0 Å². The number of methoxy groups -OCH3 is 1. The van der Waals surface area contributed by atoms with Crippen LogP contribution in [0.3, 0.4) is 0 Å². The Morgan fingerprint density at radius 1 is 1.16 bits per heavy atom. The number of rotatable bonds is 6. The van der Waals surface area contributed by atoms with Crippen LogP contribution in [0, 0.1) is 13.8 Å². The third-order valence-electron chi connectivity index (χ3n) is 3.08. The third-order valence-corrected chi connectivity index (χ3v) is 5.10. The lowest BCUT2D eigenvalue weighted by Gasteiger charge is -2.21. The number of hydrogen-bond donors (Lipinski definition) is 1. The van der Waals surface area contributed by atoms with E-state index in [1.165, 1.54) is 14.2 Å². The van der Waals surface area contributed by atoms with Crippen LogP contribution in [-0.4, -0.2) is 27.1 Å². The molecular formula is C13H22NO4P. The summed E-state index contributed by atoms with van der Waals surface area (Å²) in [7, 11) is 1.09. The van der Waals surface area contributed by atoms with Crippen LogP contribution >= 0.6 is 7.60 Å². The van der Waals surface area contributed by atoms with E-state index in [1.807, 2.05) is 26.0 Å². The number of benzene rings is 1. The van der Waals surface area contributed by atoms with Crippen molar-refractivity contribution in [3.8, 4) is 5.75 Å². The van der Waals surface area contributed by atoms with E-state index in [0.29, 0.717) is 6.42 Å². The average molecular weight is 287 g/mol. The molecule has 2 N–H and O–H groups in total. The summed E-state index contributed by atoms with van der Waals surface area (Å²) < 4.78 is 27.3. The van der Waals surface area contributed by atoms with E-state index in [-0.39, 0.29) is 0 Å². The minimum absolute atomic E-state index is 0.421. The van der Waals surface area contributed by atoms with Gasteiger partial charge in [-0.1, -0.05) is 12.1 Å². The minimum atomic E-state index is -3.24. The number of nitrogens with two attached hydrogens (primary N) is 1. The van der Waals surface area contributed by atoms with Crippen molar-refractivity contribution in [1.29, 1.82) is 0 Å². The Bertz CT molecular complexity index is 459. The van der Waals surface area contributed by atoms with Gasteiger partial charge in [0.25, 0.3) is 0 Å². The molecule has 0 aromatic heterocycles.